The highest BCUT2D eigenvalue weighted by molar-refractivity contribution is 5.70. The van der Waals surface area contributed by atoms with Gasteiger partial charge in [0.05, 0.1) is 13.2 Å². The normalized spacial score (nSPS) is 21.6. The Balaban J connectivity index is 2.41. The Morgan fingerprint density at radius 2 is 1.12 bits per heavy atom. The van der Waals surface area contributed by atoms with Crippen LogP contribution in [0, 0.1) is 0 Å². The third kappa shape index (κ3) is 24.7. The second kappa shape index (κ2) is 32.6. The summed E-state index contributed by atoms with van der Waals surface area (Å²) >= 11 is 0. The molecule has 0 aromatic heterocycles. The van der Waals surface area contributed by atoms with Crippen LogP contribution in [0.4, 0.5) is 0 Å². The highest BCUT2D eigenvalue weighted by Crippen LogP contribution is 2.22. The molecule has 0 aliphatic carbocycles. The van der Waals surface area contributed by atoms with Crippen LogP contribution >= 0.6 is 0 Å². The predicted octanol–water partition coefficient (Wildman–Crippen LogP) is 7.55. The predicted molar refractivity (Wildman–Crippen MR) is 201 cm³/mol. The minimum atomic E-state index is -1.60. The van der Waals surface area contributed by atoms with E-state index in [2.05, 4.69) is 50.3 Å². The Hall–Kier alpha value is -2.08. The van der Waals surface area contributed by atoms with Gasteiger partial charge >= 0.3 is 11.9 Å². The zero-order valence-corrected chi connectivity index (χ0v) is 31.8. The maximum absolute atomic E-state index is 12.7. The zero-order valence-electron chi connectivity index (χ0n) is 31.8. The maximum atomic E-state index is 12.7. The number of unbranched alkanes of at least 4 members (excludes halogenated alkanes) is 15. The number of ether oxygens (including phenoxy) is 4. The molecule has 6 unspecified atom stereocenters. The molecule has 1 fully saturated rings. The number of rotatable bonds is 32. The van der Waals surface area contributed by atoms with Gasteiger partial charge in [0, 0.05) is 12.8 Å². The molecule has 1 aliphatic rings. The van der Waals surface area contributed by atoms with Crippen molar-refractivity contribution < 1.29 is 49.0 Å². The second-order valence-corrected chi connectivity index (χ2v) is 13.7. The van der Waals surface area contributed by atoms with E-state index >= 15 is 0 Å². The van der Waals surface area contributed by atoms with Gasteiger partial charge in [-0.2, -0.15) is 0 Å². The lowest BCUT2D eigenvalue weighted by Crippen LogP contribution is -2.59. The molecule has 4 N–H and O–H groups in total. The first-order chi connectivity index (χ1) is 24.8. The first-order valence-electron chi connectivity index (χ1n) is 20.1. The molecule has 0 amide bonds. The summed E-state index contributed by atoms with van der Waals surface area (Å²) in [5.41, 5.74) is 0. The first-order valence-corrected chi connectivity index (χ1v) is 20.1. The molecule has 0 saturated carbocycles. The van der Waals surface area contributed by atoms with Crippen LogP contribution in [0.2, 0.25) is 0 Å². The number of aliphatic hydroxyl groups is 4. The van der Waals surface area contributed by atoms with Crippen LogP contribution in [-0.4, -0.2) is 89.0 Å². The molecule has 0 aromatic rings. The standard InChI is InChI=1S/C41H72O10/c1-3-5-7-9-11-13-15-17-18-20-22-24-26-28-30-37(44)50-34(33-49-41-40(47)39(46)38(45)35(31-42)51-41)32-48-36(43)29-27-25-23-21-19-16-14-12-10-8-6-4-2/h9,11-12,14-15,17,34-35,38-42,45-47H,3-8,10,13,16,18-33H2,1-2H3/b11-9-,14-12-,17-15-. The lowest BCUT2D eigenvalue weighted by Gasteiger charge is -2.39. The molecular formula is C41H72O10. The molecule has 0 radical (unpaired) electrons. The van der Waals surface area contributed by atoms with Gasteiger partial charge in [-0.1, -0.05) is 115 Å². The van der Waals surface area contributed by atoms with E-state index in [9.17, 15) is 30.0 Å². The van der Waals surface area contributed by atoms with Gasteiger partial charge in [0.2, 0.25) is 0 Å². The Morgan fingerprint density at radius 3 is 1.71 bits per heavy atom. The molecule has 1 saturated heterocycles. The van der Waals surface area contributed by atoms with Crippen LogP contribution in [0.15, 0.2) is 36.5 Å². The monoisotopic (exact) mass is 725 g/mol. The first kappa shape index (κ1) is 46.9. The van der Waals surface area contributed by atoms with E-state index in [1.165, 1.54) is 32.1 Å². The van der Waals surface area contributed by atoms with Crippen molar-refractivity contribution in [2.75, 3.05) is 19.8 Å². The van der Waals surface area contributed by atoms with Crippen molar-refractivity contribution in [2.45, 2.75) is 192 Å². The molecule has 0 aromatic carbocycles. The molecule has 0 bridgehead atoms. The maximum Gasteiger partial charge on any atom is 0.306 e. The lowest BCUT2D eigenvalue weighted by molar-refractivity contribution is -0.305. The summed E-state index contributed by atoms with van der Waals surface area (Å²) in [4.78, 5) is 25.2. The smallest absolute Gasteiger partial charge is 0.306 e. The van der Waals surface area contributed by atoms with Crippen molar-refractivity contribution in [2.24, 2.45) is 0 Å². The molecule has 10 heteroatoms. The van der Waals surface area contributed by atoms with Crippen LogP contribution in [0.25, 0.3) is 0 Å². The van der Waals surface area contributed by atoms with Gasteiger partial charge in [0.25, 0.3) is 0 Å². The van der Waals surface area contributed by atoms with Crippen molar-refractivity contribution in [3.8, 4) is 0 Å². The van der Waals surface area contributed by atoms with E-state index < -0.39 is 55.4 Å². The van der Waals surface area contributed by atoms with Crippen LogP contribution < -0.4 is 0 Å². The molecule has 1 heterocycles. The van der Waals surface area contributed by atoms with Crippen molar-refractivity contribution in [3.05, 3.63) is 36.5 Å². The number of hydrogen-bond acceptors (Lipinski definition) is 10. The topological polar surface area (TPSA) is 152 Å². The Labute approximate surface area is 308 Å². The summed E-state index contributed by atoms with van der Waals surface area (Å²) in [5.74, 6) is -0.837. The number of aliphatic hydroxyl groups excluding tert-OH is 4. The Morgan fingerprint density at radius 1 is 0.608 bits per heavy atom. The molecule has 1 aliphatic heterocycles. The third-order valence-electron chi connectivity index (χ3n) is 9.00. The van der Waals surface area contributed by atoms with Gasteiger partial charge < -0.3 is 39.4 Å². The SMILES string of the molecule is CCCC/C=C\C/C=C\CCCCCCCC(=O)OC(COC(=O)CCCCCCC/C=C\CCCCC)COC1OC(CO)C(O)C(O)C1O. The van der Waals surface area contributed by atoms with Crippen LogP contribution in [0.3, 0.4) is 0 Å². The van der Waals surface area contributed by atoms with E-state index in [4.69, 9.17) is 18.9 Å². The minimum Gasteiger partial charge on any atom is -0.462 e. The van der Waals surface area contributed by atoms with Gasteiger partial charge in [-0.05, 0) is 64.2 Å². The highest BCUT2D eigenvalue weighted by atomic mass is 16.7. The number of esters is 2. The van der Waals surface area contributed by atoms with Gasteiger partial charge in [-0.15, -0.1) is 0 Å². The van der Waals surface area contributed by atoms with Gasteiger partial charge in [0.15, 0.2) is 12.4 Å². The number of hydrogen-bond donors (Lipinski definition) is 4. The van der Waals surface area contributed by atoms with Crippen LogP contribution in [0.1, 0.15) is 155 Å². The molecule has 6 atom stereocenters. The number of carbonyl (C=O) groups excluding carboxylic acids is 2. The van der Waals surface area contributed by atoms with E-state index in [1.54, 1.807) is 0 Å². The van der Waals surface area contributed by atoms with E-state index in [0.29, 0.717) is 12.8 Å². The third-order valence-corrected chi connectivity index (χ3v) is 9.00. The van der Waals surface area contributed by atoms with Crippen molar-refractivity contribution in [3.63, 3.8) is 0 Å². The van der Waals surface area contributed by atoms with E-state index in [1.807, 2.05) is 0 Å². The van der Waals surface area contributed by atoms with Crippen LogP contribution in [-0.2, 0) is 28.5 Å². The lowest BCUT2D eigenvalue weighted by atomic mass is 9.99. The van der Waals surface area contributed by atoms with Gasteiger partial charge in [-0.25, -0.2) is 0 Å². The molecular weight excluding hydrogens is 652 g/mol. The fraction of sp³-hybridized carbons (Fsp3) is 0.805. The Bertz CT molecular complexity index is 933. The molecule has 296 valence electrons. The van der Waals surface area contributed by atoms with E-state index in [-0.39, 0.29) is 26.1 Å². The van der Waals surface area contributed by atoms with Gasteiger partial charge in [-0.3, -0.25) is 9.59 Å². The number of carbonyl (C=O) groups is 2. The van der Waals surface area contributed by atoms with Crippen molar-refractivity contribution in [1.29, 1.82) is 0 Å². The Kier molecular flexibility index (Phi) is 30.0. The fourth-order valence-corrected chi connectivity index (χ4v) is 5.73. The summed E-state index contributed by atoms with van der Waals surface area (Å²) in [6, 6.07) is 0. The van der Waals surface area contributed by atoms with E-state index in [0.717, 1.165) is 83.5 Å². The fourth-order valence-electron chi connectivity index (χ4n) is 5.73. The molecule has 1 rings (SSSR count). The number of allylic oxidation sites excluding steroid dienone is 6. The minimum absolute atomic E-state index is 0.212. The average molecular weight is 725 g/mol. The largest absolute Gasteiger partial charge is 0.462 e. The zero-order chi connectivity index (χ0) is 37.4. The highest BCUT2D eigenvalue weighted by Gasteiger charge is 2.44. The van der Waals surface area contributed by atoms with Gasteiger partial charge in [0.1, 0.15) is 31.0 Å². The molecule has 51 heavy (non-hydrogen) atoms. The van der Waals surface area contributed by atoms with Crippen molar-refractivity contribution in [1.82, 2.24) is 0 Å². The average Bonchev–Trinajstić information content (AvgIpc) is 3.13. The van der Waals surface area contributed by atoms with Crippen LogP contribution in [0.5, 0.6) is 0 Å². The summed E-state index contributed by atoms with van der Waals surface area (Å²) in [7, 11) is 0. The summed E-state index contributed by atoms with van der Waals surface area (Å²) in [5, 5.41) is 39.9. The van der Waals surface area contributed by atoms with Crippen molar-refractivity contribution >= 4 is 11.9 Å². The second-order valence-electron chi connectivity index (χ2n) is 13.7. The molecule has 0 spiro atoms. The summed E-state index contributed by atoms with van der Waals surface area (Å²) in [6.07, 6.45) is 27.2. The molecule has 10 nitrogen and oxygen atoms in total. The summed E-state index contributed by atoms with van der Waals surface area (Å²) < 4.78 is 22.0. The summed E-state index contributed by atoms with van der Waals surface area (Å²) in [6.45, 7) is 3.31. The quantitative estimate of drug-likeness (QED) is 0.0311.